The van der Waals surface area contributed by atoms with Crippen molar-refractivity contribution in [3.63, 3.8) is 0 Å². The molecule has 4 nitrogen and oxygen atoms in total. The summed E-state index contributed by atoms with van der Waals surface area (Å²) in [5.41, 5.74) is 2.26. The lowest BCUT2D eigenvalue weighted by Gasteiger charge is -2.08. The van der Waals surface area contributed by atoms with Gasteiger partial charge in [0.25, 0.3) is 0 Å². The van der Waals surface area contributed by atoms with Gasteiger partial charge in [-0.2, -0.15) is 5.26 Å². The lowest BCUT2D eigenvalue weighted by Crippen LogP contribution is -2.14. The zero-order chi connectivity index (χ0) is 15.9. The Hall–Kier alpha value is -2.51. The Morgan fingerprint density at radius 3 is 2.59 bits per heavy atom. The van der Waals surface area contributed by atoms with E-state index in [-0.39, 0.29) is 13.2 Å². The molecule has 0 aliphatic heterocycles. The number of nitrogens with zero attached hydrogens (tertiary/aromatic N) is 1. The summed E-state index contributed by atoms with van der Waals surface area (Å²) in [6, 6.07) is 14.0. The van der Waals surface area contributed by atoms with Crippen LogP contribution in [0, 0.1) is 18.3 Å². The molecule has 0 saturated carbocycles. The van der Waals surface area contributed by atoms with Crippen molar-refractivity contribution in [1.82, 2.24) is 0 Å². The number of aryl methyl sites for hydroxylation is 1. The monoisotopic (exact) mass is 315 g/mol. The summed E-state index contributed by atoms with van der Waals surface area (Å²) in [5.74, 6) is 0.106. The average molecular weight is 316 g/mol. The molecule has 0 radical (unpaired) electrons. The number of nitriles is 1. The zero-order valence-corrected chi connectivity index (χ0v) is 12.8. The maximum absolute atomic E-state index is 11.6. The van der Waals surface area contributed by atoms with Crippen LogP contribution in [0.3, 0.4) is 0 Å². The van der Waals surface area contributed by atoms with E-state index in [1.807, 2.05) is 13.0 Å². The van der Waals surface area contributed by atoms with Gasteiger partial charge in [-0.15, -0.1) is 0 Å². The predicted molar refractivity (Wildman–Crippen MR) is 82.6 cm³/mol. The van der Waals surface area contributed by atoms with E-state index in [1.54, 1.807) is 42.5 Å². The Morgan fingerprint density at radius 2 is 1.95 bits per heavy atom. The number of hydrogen-bond acceptors (Lipinski definition) is 4. The van der Waals surface area contributed by atoms with Crippen LogP contribution in [-0.4, -0.2) is 12.6 Å². The highest BCUT2D eigenvalue weighted by Gasteiger charge is 2.06. The molecule has 0 unspecified atom stereocenters. The van der Waals surface area contributed by atoms with Crippen LogP contribution < -0.4 is 4.74 Å². The SMILES string of the molecule is Cc1cc(OCC(=O)OCc2ccc(C#N)cc2)ccc1Cl. The van der Waals surface area contributed by atoms with Crippen molar-refractivity contribution in [1.29, 1.82) is 5.26 Å². The van der Waals surface area contributed by atoms with Crippen LogP contribution >= 0.6 is 11.6 Å². The van der Waals surface area contributed by atoms with Crippen LogP contribution in [0.1, 0.15) is 16.7 Å². The van der Waals surface area contributed by atoms with Gasteiger partial charge in [0.1, 0.15) is 12.4 Å². The van der Waals surface area contributed by atoms with E-state index < -0.39 is 5.97 Å². The van der Waals surface area contributed by atoms with Crippen LogP contribution in [0.5, 0.6) is 5.75 Å². The molecule has 0 saturated heterocycles. The lowest BCUT2D eigenvalue weighted by molar-refractivity contribution is -0.147. The molecule has 22 heavy (non-hydrogen) atoms. The van der Waals surface area contributed by atoms with Gasteiger partial charge < -0.3 is 9.47 Å². The Balaban J connectivity index is 1.80. The Labute approximate surface area is 133 Å². The summed E-state index contributed by atoms with van der Waals surface area (Å²) in [4.78, 5) is 11.6. The smallest absolute Gasteiger partial charge is 0.344 e. The highest BCUT2D eigenvalue weighted by molar-refractivity contribution is 6.31. The van der Waals surface area contributed by atoms with E-state index in [0.717, 1.165) is 11.1 Å². The van der Waals surface area contributed by atoms with Crippen LogP contribution in [0.25, 0.3) is 0 Å². The second-order valence-electron chi connectivity index (χ2n) is 4.67. The molecular weight excluding hydrogens is 302 g/mol. The van der Waals surface area contributed by atoms with Gasteiger partial charge in [0.15, 0.2) is 6.61 Å². The van der Waals surface area contributed by atoms with E-state index in [4.69, 9.17) is 26.3 Å². The standard InChI is InChI=1S/C17H14ClNO3/c1-12-8-15(6-7-16(12)18)21-11-17(20)22-10-14-4-2-13(9-19)3-5-14/h2-8H,10-11H2,1H3. The first-order valence-electron chi connectivity index (χ1n) is 6.62. The van der Waals surface area contributed by atoms with Gasteiger partial charge >= 0.3 is 5.97 Å². The third-order valence-electron chi connectivity index (χ3n) is 2.97. The van der Waals surface area contributed by atoms with E-state index in [1.165, 1.54) is 0 Å². The quantitative estimate of drug-likeness (QED) is 0.790. The normalized spacial score (nSPS) is 9.86. The highest BCUT2D eigenvalue weighted by atomic mass is 35.5. The van der Waals surface area contributed by atoms with Gasteiger partial charge in [-0.25, -0.2) is 4.79 Å². The van der Waals surface area contributed by atoms with E-state index in [0.29, 0.717) is 16.3 Å². The lowest BCUT2D eigenvalue weighted by atomic mass is 10.2. The molecule has 0 atom stereocenters. The predicted octanol–water partition coefficient (Wildman–Crippen LogP) is 3.64. The van der Waals surface area contributed by atoms with E-state index >= 15 is 0 Å². The molecule has 0 aromatic heterocycles. The second kappa shape index (κ2) is 7.48. The maximum Gasteiger partial charge on any atom is 0.344 e. The summed E-state index contributed by atoms with van der Waals surface area (Å²) in [6.45, 7) is 1.84. The van der Waals surface area contributed by atoms with Crippen molar-refractivity contribution in [2.45, 2.75) is 13.5 Å². The minimum atomic E-state index is -0.461. The molecule has 5 heteroatoms. The average Bonchev–Trinajstić information content (AvgIpc) is 2.54. The topological polar surface area (TPSA) is 59.3 Å². The molecule has 0 heterocycles. The molecule has 112 valence electrons. The summed E-state index contributed by atoms with van der Waals surface area (Å²) in [5, 5.41) is 9.35. The Morgan fingerprint density at radius 1 is 1.23 bits per heavy atom. The third-order valence-corrected chi connectivity index (χ3v) is 3.39. The highest BCUT2D eigenvalue weighted by Crippen LogP contribution is 2.20. The fraction of sp³-hybridized carbons (Fsp3) is 0.176. The molecule has 2 aromatic rings. The largest absolute Gasteiger partial charge is 0.482 e. The molecule has 0 amide bonds. The van der Waals surface area contributed by atoms with Gasteiger partial charge in [0.2, 0.25) is 0 Å². The second-order valence-corrected chi connectivity index (χ2v) is 5.08. The molecule has 2 rings (SSSR count). The fourth-order valence-electron chi connectivity index (χ4n) is 1.73. The van der Waals surface area contributed by atoms with Gasteiger partial charge in [-0.1, -0.05) is 23.7 Å². The minimum Gasteiger partial charge on any atom is -0.482 e. The summed E-state index contributed by atoms with van der Waals surface area (Å²) < 4.78 is 10.5. The molecule has 0 fully saturated rings. The Bertz CT molecular complexity index is 705. The summed E-state index contributed by atoms with van der Waals surface area (Å²) in [7, 11) is 0. The first-order chi connectivity index (χ1) is 10.6. The van der Waals surface area contributed by atoms with Gasteiger partial charge in [0.05, 0.1) is 11.6 Å². The molecule has 0 aliphatic rings. The van der Waals surface area contributed by atoms with Crippen LogP contribution in [-0.2, 0) is 16.1 Å². The zero-order valence-electron chi connectivity index (χ0n) is 12.0. The molecule has 0 N–H and O–H groups in total. The number of esters is 1. The van der Waals surface area contributed by atoms with E-state index in [2.05, 4.69) is 0 Å². The molecule has 2 aromatic carbocycles. The van der Waals surface area contributed by atoms with Crippen LogP contribution in [0.2, 0.25) is 5.02 Å². The number of halogens is 1. The van der Waals surface area contributed by atoms with Crippen molar-refractivity contribution in [2.75, 3.05) is 6.61 Å². The molecule has 0 spiro atoms. The van der Waals surface area contributed by atoms with Gasteiger partial charge in [-0.3, -0.25) is 0 Å². The maximum atomic E-state index is 11.6. The van der Waals surface area contributed by atoms with Gasteiger partial charge in [0, 0.05) is 5.02 Å². The van der Waals surface area contributed by atoms with Crippen molar-refractivity contribution in [2.24, 2.45) is 0 Å². The first-order valence-corrected chi connectivity index (χ1v) is 7.00. The number of benzene rings is 2. The third kappa shape index (κ3) is 4.51. The molecule has 0 bridgehead atoms. The number of carbonyl (C=O) groups excluding carboxylic acids is 1. The Kier molecular flexibility index (Phi) is 5.40. The minimum absolute atomic E-state index is 0.146. The first kappa shape index (κ1) is 15.9. The summed E-state index contributed by atoms with van der Waals surface area (Å²) >= 11 is 5.92. The van der Waals surface area contributed by atoms with Crippen molar-refractivity contribution in [3.05, 3.63) is 64.2 Å². The van der Waals surface area contributed by atoms with Crippen molar-refractivity contribution in [3.8, 4) is 11.8 Å². The van der Waals surface area contributed by atoms with Crippen molar-refractivity contribution < 1.29 is 14.3 Å². The fourth-order valence-corrected chi connectivity index (χ4v) is 1.85. The number of ether oxygens (including phenoxy) is 2. The van der Waals surface area contributed by atoms with Crippen molar-refractivity contribution >= 4 is 17.6 Å². The summed E-state index contributed by atoms with van der Waals surface area (Å²) in [6.07, 6.45) is 0. The number of rotatable bonds is 5. The van der Waals surface area contributed by atoms with E-state index in [9.17, 15) is 4.79 Å². The van der Waals surface area contributed by atoms with Crippen LogP contribution in [0.15, 0.2) is 42.5 Å². The van der Waals surface area contributed by atoms with Gasteiger partial charge in [-0.05, 0) is 48.4 Å². The number of hydrogen-bond donors (Lipinski definition) is 0. The van der Waals surface area contributed by atoms with Crippen LogP contribution in [0.4, 0.5) is 0 Å². The molecular formula is C17H14ClNO3. The molecule has 0 aliphatic carbocycles. The number of carbonyl (C=O) groups is 1.